The molecule has 0 saturated heterocycles. The van der Waals surface area contributed by atoms with E-state index in [4.69, 9.17) is 15.6 Å². The SMILES string of the molecule is CC(C)[C@H](NC(=O)[C@@H](N)COC(C)(C)C)C(=O)O. The van der Waals surface area contributed by atoms with Crippen LogP contribution in [0.4, 0.5) is 0 Å². The maximum Gasteiger partial charge on any atom is 0.326 e. The van der Waals surface area contributed by atoms with Crippen LogP contribution in [0.1, 0.15) is 34.6 Å². The first-order valence-electron chi connectivity index (χ1n) is 5.97. The summed E-state index contributed by atoms with van der Waals surface area (Å²) in [5.41, 5.74) is 5.26. The number of ether oxygens (including phenoxy) is 1. The quantitative estimate of drug-likeness (QED) is 0.640. The molecule has 2 atom stereocenters. The molecular formula is C12H24N2O4. The first-order chi connectivity index (χ1) is 8.04. The van der Waals surface area contributed by atoms with Gasteiger partial charge in [0.1, 0.15) is 12.1 Å². The van der Waals surface area contributed by atoms with Crippen LogP contribution in [-0.4, -0.2) is 41.3 Å². The predicted molar refractivity (Wildman–Crippen MR) is 68.1 cm³/mol. The van der Waals surface area contributed by atoms with E-state index in [1.165, 1.54) is 0 Å². The van der Waals surface area contributed by atoms with Crippen LogP contribution in [-0.2, 0) is 14.3 Å². The van der Waals surface area contributed by atoms with Crippen LogP contribution in [0.2, 0.25) is 0 Å². The number of hydrogen-bond donors (Lipinski definition) is 3. The van der Waals surface area contributed by atoms with Crippen LogP contribution in [0.15, 0.2) is 0 Å². The van der Waals surface area contributed by atoms with Gasteiger partial charge in [-0.05, 0) is 26.7 Å². The zero-order chi connectivity index (χ0) is 14.5. The summed E-state index contributed by atoms with van der Waals surface area (Å²) < 4.78 is 5.38. The summed E-state index contributed by atoms with van der Waals surface area (Å²) >= 11 is 0. The van der Waals surface area contributed by atoms with Crippen molar-refractivity contribution in [1.82, 2.24) is 5.32 Å². The van der Waals surface area contributed by atoms with Gasteiger partial charge in [-0.2, -0.15) is 0 Å². The van der Waals surface area contributed by atoms with Gasteiger partial charge >= 0.3 is 5.97 Å². The third-order valence-electron chi connectivity index (χ3n) is 2.26. The van der Waals surface area contributed by atoms with Gasteiger partial charge in [0.25, 0.3) is 0 Å². The molecule has 106 valence electrons. The number of carbonyl (C=O) groups excluding carboxylic acids is 1. The van der Waals surface area contributed by atoms with E-state index in [9.17, 15) is 9.59 Å². The Balaban J connectivity index is 4.34. The van der Waals surface area contributed by atoms with Gasteiger partial charge in [-0.3, -0.25) is 4.79 Å². The average molecular weight is 260 g/mol. The van der Waals surface area contributed by atoms with Gasteiger partial charge in [0.05, 0.1) is 12.2 Å². The highest BCUT2D eigenvalue weighted by Gasteiger charge is 2.26. The molecule has 0 fully saturated rings. The summed E-state index contributed by atoms with van der Waals surface area (Å²) in [6.45, 7) is 9.05. The van der Waals surface area contributed by atoms with Gasteiger partial charge in [-0.1, -0.05) is 13.8 Å². The molecule has 6 nitrogen and oxygen atoms in total. The number of carboxylic acids is 1. The maximum atomic E-state index is 11.7. The number of hydrogen-bond acceptors (Lipinski definition) is 4. The molecule has 0 aliphatic heterocycles. The lowest BCUT2D eigenvalue weighted by atomic mass is 10.0. The summed E-state index contributed by atoms with van der Waals surface area (Å²) in [5, 5.41) is 11.4. The van der Waals surface area contributed by atoms with E-state index in [2.05, 4.69) is 5.32 Å². The summed E-state index contributed by atoms with van der Waals surface area (Å²) in [5.74, 6) is -1.79. The van der Waals surface area contributed by atoms with Crippen LogP contribution >= 0.6 is 0 Å². The van der Waals surface area contributed by atoms with Crippen LogP contribution in [0.25, 0.3) is 0 Å². The number of amides is 1. The highest BCUT2D eigenvalue weighted by molar-refractivity contribution is 5.86. The van der Waals surface area contributed by atoms with Gasteiger partial charge in [0.15, 0.2) is 0 Å². The van der Waals surface area contributed by atoms with Gasteiger partial charge in [-0.15, -0.1) is 0 Å². The van der Waals surface area contributed by atoms with E-state index >= 15 is 0 Å². The Morgan fingerprint density at radius 3 is 2.17 bits per heavy atom. The van der Waals surface area contributed by atoms with Crippen LogP contribution < -0.4 is 11.1 Å². The summed E-state index contributed by atoms with van der Waals surface area (Å²) in [7, 11) is 0. The second-order valence-corrected chi connectivity index (χ2v) is 5.60. The molecule has 0 heterocycles. The van der Waals surface area contributed by atoms with E-state index in [0.717, 1.165) is 0 Å². The molecule has 4 N–H and O–H groups in total. The first-order valence-corrected chi connectivity index (χ1v) is 5.97. The zero-order valence-electron chi connectivity index (χ0n) is 11.7. The summed E-state index contributed by atoms with van der Waals surface area (Å²) in [4.78, 5) is 22.6. The van der Waals surface area contributed by atoms with Crippen LogP contribution in [0, 0.1) is 5.92 Å². The predicted octanol–water partition coefficient (Wildman–Crippen LogP) is 0.354. The number of aliphatic carboxylic acids is 1. The second kappa shape index (κ2) is 6.70. The third kappa shape index (κ3) is 6.56. The zero-order valence-corrected chi connectivity index (χ0v) is 11.7. The standard InChI is InChI=1S/C12H24N2O4/c1-7(2)9(11(16)17)14-10(15)8(13)6-18-12(3,4)5/h7-9H,6,13H2,1-5H3,(H,14,15)(H,16,17)/t8-,9-/m0/s1. The summed E-state index contributed by atoms with van der Waals surface area (Å²) in [6.07, 6.45) is 0. The van der Waals surface area contributed by atoms with Gasteiger partial charge < -0.3 is 20.9 Å². The van der Waals surface area contributed by atoms with Crippen molar-refractivity contribution in [3.05, 3.63) is 0 Å². The highest BCUT2D eigenvalue weighted by Crippen LogP contribution is 2.07. The molecule has 0 saturated carbocycles. The molecule has 0 unspecified atom stereocenters. The monoisotopic (exact) mass is 260 g/mol. The number of nitrogens with two attached hydrogens (primary N) is 1. The molecule has 0 aliphatic rings. The van der Waals surface area contributed by atoms with E-state index in [0.29, 0.717) is 0 Å². The van der Waals surface area contributed by atoms with Crippen LogP contribution in [0.5, 0.6) is 0 Å². The van der Waals surface area contributed by atoms with E-state index in [-0.39, 0.29) is 18.1 Å². The van der Waals surface area contributed by atoms with Crippen molar-refractivity contribution in [2.45, 2.75) is 52.3 Å². The first kappa shape index (κ1) is 16.9. The lowest BCUT2D eigenvalue weighted by molar-refractivity contribution is -0.143. The highest BCUT2D eigenvalue weighted by atomic mass is 16.5. The maximum absolute atomic E-state index is 11.7. The lowest BCUT2D eigenvalue weighted by Gasteiger charge is -2.24. The van der Waals surface area contributed by atoms with Gasteiger partial charge in [0, 0.05) is 0 Å². The molecule has 18 heavy (non-hydrogen) atoms. The van der Waals surface area contributed by atoms with Crippen molar-refractivity contribution in [3.8, 4) is 0 Å². The molecule has 1 amide bonds. The largest absolute Gasteiger partial charge is 0.480 e. The molecule has 0 aromatic heterocycles. The molecular weight excluding hydrogens is 236 g/mol. The Kier molecular flexibility index (Phi) is 6.28. The average Bonchev–Trinajstić information content (AvgIpc) is 2.19. The fourth-order valence-electron chi connectivity index (χ4n) is 1.19. The van der Waals surface area contributed by atoms with Crippen molar-refractivity contribution in [1.29, 1.82) is 0 Å². The second-order valence-electron chi connectivity index (χ2n) is 5.60. The Morgan fingerprint density at radius 1 is 1.33 bits per heavy atom. The number of nitrogens with one attached hydrogen (secondary N) is 1. The molecule has 0 bridgehead atoms. The minimum absolute atomic E-state index is 0.0553. The molecule has 6 heteroatoms. The fraction of sp³-hybridized carbons (Fsp3) is 0.833. The molecule has 0 spiro atoms. The Bertz CT molecular complexity index is 297. The lowest BCUT2D eigenvalue weighted by Crippen LogP contribution is -2.52. The number of carbonyl (C=O) groups is 2. The smallest absolute Gasteiger partial charge is 0.326 e. The minimum Gasteiger partial charge on any atom is -0.480 e. The van der Waals surface area contributed by atoms with Crippen molar-refractivity contribution < 1.29 is 19.4 Å². The normalized spacial score (nSPS) is 15.3. The van der Waals surface area contributed by atoms with Crippen molar-refractivity contribution >= 4 is 11.9 Å². The number of carboxylic acid groups (broad SMARTS) is 1. The third-order valence-corrected chi connectivity index (χ3v) is 2.26. The Hall–Kier alpha value is -1.14. The number of rotatable bonds is 6. The van der Waals surface area contributed by atoms with Crippen molar-refractivity contribution in [2.75, 3.05) is 6.61 Å². The molecule has 0 rings (SSSR count). The molecule has 0 radical (unpaired) electrons. The van der Waals surface area contributed by atoms with Crippen molar-refractivity contribution in [3.63, 3.8) is 0 Å². The van der Waals surface area contributed by atoms with E-state index in [1.54, 1.807) is 13.8 Å². The van der Waals surface area contributed by atoms with Crippen LogP contribution in [0.3, 0.4) is 0 Å². The summed E-state index contributed by atoms with van der Waals surface area (Å²) in [6, 6.07) is -1.80. The molecule has 0 aromatic carbocycles. The van der Waals surface area contributed by atoms with E-state index < -0.39 is 24.0 Å². The fourth-order valence-corrected chi connectivity index (χ4v) is 1.19. The topological polar surface area (TPSA) is 102 Å². The Morgan fingerprint density at radius 2 is 1.83 bits per heavy atom. The molecule has 0 aliphatic carbocycles. The van der Waals surface area contributed by atoms with Crippen molar-refractivity contribution in [2.24, 2.45) is 11.7 Å². The van der Waals surface area contributed by atoms with E-state index in [1.807, 2.05) is 20.8 Å². The van der Waals surface area contributed by atoms with Gasteiger partial charge in [-0.25, -0.2) is 4.79 Å². The molecule has 0 aromatic rings. The van der Waals surface area contributed by atoms with Gasteiger partial charge in [0.2, 0.25) is 5.91 Å². The minimum atomic E-state index is -1.07. The Labute approximate surface area is 108 Å².